The molecule has 1 heterocycles. The van der Waals surface area contributed by atoms with E-state index in [9.17, 15) is 4.79 Å². The first-order chi connectivity index (χ1) is 7.61. The molecule has 0 amide bonds. The number of piperidine rings is 1. The Kier molecular flexibility index (Phi) is 5.81. The van der Waals surface area contributed by atoms with E-state index in [2.05, 4.69) is 18.7 Å². The molecule has 1 rings (SSSR count). The Morgan fingerprint density at radius 3 is 2.56 bits per heavy atom. The number of carboxylic acid groups (broad SMARTS) is 1. The van der Waals surface area contributed by atoms with E-state index in [4.69, 9.17) is 5.11 Å². The third-order valence-electron chi connectivity index (χ3n) is 3.52. The monoisotopic (exact) mass is 227 g/mol. The SMILES string of the molecule is CCCC(C)CN1CCC(CC(=O)O)CC1. The van der Waals surface area contributed by atoms with Gasteiger partial charge in [-0.05, 0) is 44.2 Å². The fraction of sp³-hybridized carbons (Fsp3) is 0.923. The molecule has 16 heavy (non-hydrogen) atoms. The highest BCUT2D eigenvalue weighted by Gasteiger charge is 2.21. The maximum absolute atomic E-state index is 10.6. The molecule has 0 spiro atoms. The summed E-state index contributed by atoms with van der Waals surface area (Å²) < 4.78 is 0. The summed E-state index contributed by atoms with van der Waals surface area (Å²) in [6.07, 6.45) is 5.04. The first-order valence-corrected chi connectivity index (χ1v) is 6.56. The van der Waals surface area contributed by atoms with Crippen LogP contribution < -0.4 is 0 Å². The Morgan fingerprint density at radius 1 is 1.44 bits per heavy atom. The van der Waals surface area contributed by atoms with Crippen LogP contribution in [-0.4, -0.2) is 35.6 Å². The summed E-state index contributed by atoms with van der Waals surface area (Å²) in [5.41, 5.74) is 0. The molecule has 3 nitrogen and oxygen atoms in total. The minimum atomic E-state index is -0.641. The normalized spacial score (nSPS) is 20.9. The van der Waals surface area contributed by atoms with E-state index in [1.54, 1.807) is 0 Å². The van der Waals surface area contributed by atoms with Crippen LogP contribution in [0.25, 0.3) is 0 Å². The Bertz CT molecular complexity index is 210. The van der Waals surface area contributed by atoms with Crippen LogP contribution in [0.1, 0.15) is 46.0 Å². The fourth-order valence-corrected chi connectivity index (χ4v) is 2.64. The molecule has 3 heteroatoms. The predicted molar refractivity (Wildman–Crippen MR) is 65.5 cm³/mol. The predicted octanol–water partition coefficient (Wildman–Crippen LogP) is 2.61. The van der Waals surface area contributed by atoms with Gasteiger partial charge in [0.25, 0.3) is 0 Å². The number of rotatable bonds is 6. The van der Waals surface area contributed by atoms with Crippen molar-refractivity contribution in [2.45, 2.75) is 46.0 Å². The lowest BCUT2D eigenvalue weighted by Gasteiger charge is -2.33. The molecule has 1 aliphatic heterocycles. The number of carbonyl (C=O) groups is 1. The van der Waals surface area contributed by atoms with Gasteiger partial charge in [0, 0.05) is 13.0 Å². The van der Waals surface area contributed by atoms with Gasteiger partial charge < -0.3 is 10.0 Å². The summed E-state index contributed by atoms with van der Waals surface area (Å²) in [5, 5.41) is 8.73. The van der Waals surface area contributed by atoms with E-state index in [-0.39, 0.29) is 0 Å². The maximum Gasteiger partial charge on any atom is 0.303 e. The average molecular weight is 227 g/mol. The Morgan fingerprint density at radius 2 is 2.06 bits per heavy atom. The zero-order chi connectivity index (χ0) is 12.0. The zero-order valence-corrected chi connectivity index (χ0v) is 10.6. The fourth-order valence-electron chi connectivity index (χ4n) is 2.64. The van der Waals surface area contributed by atoms with Gasteiger partial charge in [0.15, 0.2) is 0 Å². The van der Waals surface area contributed by atoms with Crippen LogP contribution in [0, 0.1) is 11.8 Å². The van der Waals surface area contributed by atoms with E-state index >= 15 is 0 Å². The third-order valence-corrected chi connectivity index (χ3v) is 3.52. The van der Waals surface area contributed by atoms with Crippen molar-refractivity contribution in [3.63, 3.8) is 0 Å². The second-order valence-electron chi connectivity index (χ2n) is 5.24. The second kappa shape index (κ2) is 6.89. The standard InChI is InChI=1S/C13H25NO2/c1-3-4-11(2)10-14-7-5-12(6-8-14)9-13(15)16/h11-12H,3-10H2,1-2H3,(H,15,16). The molecule has 1 saturated heterocycles. The topological polar surface area (TPSA) is 40.5 Å². The lowest BCUT2D eigenvalue weighted by molar-refractivity contribution is -0.138. The highest BCUT2D eigenvalue weighted by atomic mass is 16.4. The summed E-state index contributed by atoms with van der Waals surface area (Å²) in [6.45, 7) is 7.91. The largest absolute Gasteiger partial charge is 0.481 e. The van der Waals surface area contributed by atoms with Crippen molar-refractivity contribution in [1.82, 2.24) is 4.90 Å². The molecule has 1 N–H and O–H groups in total. The van der Waals surface area contributed by atoms with Crippen LogP contribution in [0.3, 0.4) is 0 Å². The second-order valence-corrected chi connectivity index (χ2v) is 5.24. The Labute approximate surface area is 98.8 Å². The molecule has 0 saturated carbocycles. The van der Waals surface area contributed by atoms with Crippen molar-refractivity contribution in [3.8, 4) is 0 Å². The molecular weight excluding hydrogens is 202 g/mol. The molecule has 0 aromatic carbocycles. The number of nitrogens with zero attached hydrogens (tertiary/aromatic N) is 1. The smallest absolute Gasteiger partial charge is 0.303 e. The van der Waals surface area contributed by atoms with Gasteiger partial charge in [-0.2, -0.15) is 0 Å². The Balaban J connectivity index is 2.18. The van der Waals surface area contributed by atoms with Crippen LogP contribution >= 0.6 is 0 Å². The minimum absolute atomic E-state index is 0.359. The molecule has 1 aliphatic rings. The summed E-state index contributed by atoms with van der Waals surface area (Å²) in [4.78, 5) is 13.1. The first-order valence-electron chi connectivity index (χ1n) is 6.56. The average Bonchev–Trinajstić information content (AvgIpc) is 2.20. The molecule has 0 aromatic rings. The van der Waals surface area contributed by atoms with Crippen molar-refractivity contribution in [2.75, 3.05) is 19.6 Å². The van der Waals surface area contributed by atoms with Gasteiger partial charge in [-0.1, -0.05) is 20.3 Å². The van der Waals surface area contributed by atoms with Crippen LogP contribution in [-0.2, 0) is 4.79 Å². The van der Waals surface area contributed by atoms with Crippen molar-refractivity contribution in [2.24, 2.45) is 11.8 Å². The summed E-state index contributed by atoms with van der Waals surface area (Å²) in [7, 11) is 0. The third kappa shape index (κ3) is 4.97. The Hall–Kier alpha value is -0.570. The molecule has 1 unspecified atom stereocenters. The van der Waals surface area contributed by atoms with Crippen LogP contribution in [0.15, 0.2) is 0 Å². The first kappa shape index (κ1) is 13.5. The molecule has 0 aromatic heterocycles. The van der Waals surface area contributed by atoms with Gasteiger partial charge in [-0.3, -0.25) is 4.79 Å². The lowest BCUT2D eigenvalue weighted by atomic mass is 9.93. The quantitative estimate of drug-likeness (QED) is 0.758. The van der Waals surface area contributed by atoms with Crippen molar-refractivity contribution >= 4 is 5.97 Å². The van der Waals surface area contributed by atoms with Crippen LogP contribution in [0.2, 0.25) is 0 Å². The van der Waals surface area contributed by atoms with Gasteiger partial charge in [-0.15, -0.1) is 0 Å². The molecule has 94 valence electrons. The van der Waals surface area contributed by atoms with Crippen molar-refractivity contribution < 1.29 is 9.90 Å². The molecular formula is C13H25NO2. The number of aliphatic carboxylic acids is 1. The summed E-state index contributed by atoms with van der Waals surface area (Å²) in [5.74, 6) is 0.550. The molecule has 1 atom stereocenters. The number of hydrogen-bond acceptors (Lipinski definition) is 2. The highest BCUT2D eigenvalue weighted by Crippen LogP contribution is 2.21. The van der Waals surface area contributed by atoms with E-state index in [0.29, 0.717) is 12.3 Å². The van der Waals surface area contributed by atoms with Crippen LogP contribution in [0.5, 0.6) is 0 Å². The van der Waals surface area contributed by atoms with E-state index in [1.807, 2.05) is 0 Å². The van der Waals surface area contributed by atoms with Gasteiger partial charge >= 0.3 is 5.97 Å². The van der Waals surface area contributed by atoms with Gasteiger partial charge in [0.1, 0.15) is 0 Å². The molecule has 1 fully saturated rings. The number of likely N-dealkylation sites (tertiary alicyclic amines) is 1. The number of hydrogen-bond donors (Lipinski definition) is 1. The number of carboxylic acids is 1. The summed E-state index contributed by atoms with van der Waals surface area (Å²) >= 11 is 0. The zero-order valence-electron chi connectivity index (χ0n) is 10.6. The van der Waals surface area contributed by atoms with Gasteiger partial charge in [0.05, 0.1) is 0 Å². The van der Waals surface area contributed by atoms with Crippen molar-refractivity contribution in [1.29, 1.82) is 0 Å². The van der Waals surface area contributed by atoms with E-state index < -0.39 is 5.97 Å². The lowest BCUT2D eigenvalue weighted by Crippen LogP contribution is -2.37. The van der Waals surface area contributed by atoms with Crippen LogP contribution in [0.4, 0.5) is 0 Å². The maximum atomic E-state index is 10.6. The van der Waals surface area contributed by atoms with Gasteiger partial charge in [-0.25, -0.2) is 0 Å². The van der Waals surface area contributed by atoms with E-state index in [0.717, 1.165) is 31.8 Å². The van der Waals surface area contributed by atoms with Crippen molar-refractivity contribution in [3.05, 3.63) is 0 Å². The summed E-state index contributed by atoms with van der Waals surface area (Å²) in [6, 6.07) is 0. The molecule has 0 aliphatic carbocycles. The van der Waals surface area contributed by atoms with Gasteiger partial charge in [0.2, 0.25) is 0 Å². The minimum Gasteiger partial charge on any atom is -0.481 e. The van der Waals surface area contributed by atoms with E-state index in [1.165, 1.54) is 19.4 Å². The highest BCUT2D eigenvalue weighted by molar-refractivity contribution is 5.67. The molecule has 0 radical (unpaired) electrons. The molecule has 0 bridgehead atoms.